The number of allylic oxidation sites excluding steroid dienone is 4. The molecule has 0 amide bonds. The zero-order valence-corrected chi connectivity index (χ0v) is 40.3. The van der Waals surface area contributed by atoms with E-state index in [9.17, 15) is 0 Å². The number of halogens is 2. The molecule has 0 spiro atoms. The fourth-order valence-electron chi connectivity index (χ4n) is 8.57. The largest absolute Gasteiger partial charge is 0.273 e. The Balaban J connectivity index is 0.000000159. The van der Waals surface area contributed by atoms with E-state index in [1.807, 2.05) is 36.4 Å². The summed E-state index contributed by atoms with van der Waals surface area (Å²) < 4.78 is 1.31. The second-order valence-corrected chi connectivity index (χ2v) is 20.1. The molecule has 8 aromatic rings. The number of rotatable bonds is 4. The average molecular weight is 921 g/mol. The van der Waals surface area contributed by atoms with E-state index in [2.05, 4.69) is 187 Å². The van der Waals surface area contributed by atoms with Gasteiger partial charge in [0, 0.05) is 0 Å². The van der Waals surface area contributed by atoms with Crippen molar-refractivity contribution < 1.29 is 24.2 Å². The van der Waals surface area contributed by atoms with Gasteiger partial charge in [-0.25, -0.2) is 12.2 Å². The van der Waals surface area contributed by atoms with E-state index in [0.29, 0.717) is 0 Å². The van der Waals surface area contributed by atoms with Gasteiger partial charge in [-0.3, -0.25) is 6.08 Å². The zero-order chi connectivity index (χ0) is 43.6. The fraction of sp³-hybridized carbons (Fsp3) is 0.169. The van der Waals surface area contributed by atoms with Crippen LogP contribution in [-0.2, 0) is 41.5 Å². The van der Waals surface area contributed by atoms with E-state index < -0.39 is 0 Å². The van der Waals surface area contributed by atoms with Gasteiger partial charge in [0.2, 0.25) is 0 Å². The third-order valence-corrected chi connectivity index (χ3v) is 13.7. The van der Waals surface area contributed by atoms with Crippen molar-refractivity contribution in [2.75, 3.05) is 0 Å². The first kappa shape index (κ1) is 43.7. The van der Waals surface area contributed by atoms with Crippen molar-refractivity contribution in [2.24, 2.45) is 0 Å². The molecule has 0 heterocycles. The Morgan fingerprint density at radius 2 is 1.05 bits per heavy atom. The summed E-state index contributed by atoms with van der Waals surface area (Å²) in [6, 6.07) is 57.6. The minimum absolute atomic E-state index is 0.0380. The summed E-state index contributed by atoms with van der Waals surface area (Å²) in [5.74, 6) is 0. The van der Waals surface area contributed by atoms with Gasteiger partial charge in [0.15, 0.2) is 0 Å². The Labute approximate surface area is 393 Å². The summed E-state index contributed by atoms with van der Waals surface area (Å²) in [4.78, 5) is 0. The summed E-state index contributed by atoms with van der Waals surface area (Å²) in [6.45, 7) is 13.9. The first-order valence-electron chi connectivity index (χ1n) is 21.3. The van der Waals surface area contributed by atoms with Crippen LogP contribution < -0.4 is 0 Å². The van der Waals surface area contributed by atoms with Crippen molar-refractivity contribution in [2.45, 2.75) is 65.2 Å². The topological polar surface area (TPSA) is 0 Å². The Hall–Kier alpha value is -4.91. The van der Waals surface area contributed by atoms with Crippen LogP contribution in [0.4, 0.5) is 0 Å². The Bertz CT molecular complexity index is 2790. The van der Waals surface area contributed by atoms with Crippen LogP contribution in [0.2, 0.25) is 10.0 Å². The number of benzene rings is 8. The predicted octanol–water partition coefficient (Wildman–Crippen LogP) is 16.7. The molecule has 0 nitrogen and oxygen atoms in total. The molecule has 0 N–H and O–H groups in total. The van der Waals surface area contributed by atoms with Gasteiger partial charge in [-0.2, -0.15) is 6.08 Å². The zero-order valence-electron chi connectivity index (χ0n) is 36.3. The van der Waals surface area contributed by atoms with Crippen LogP contribution >= 0.6 is 23.2 Å². The fourth-order valence-corrected chi connectivity index (χ4v) is 10.1. The molecule has 0 aliphatic heterocycles. The van der Waals surface area contributed by atoms with E-state index in [0.717, 1.165) is 33.7 Å². The van der Waals surface area contributed by atoms with Gasteiger partial charge in [0.25, 0.3) is 0 Å². The maximum Gasteiger partial charge on any atom is -0.109 e. The van der Waals surface area contributed by atoms with E-state index in [1.54, 1.807) is 0 Å². The number of hydrogen-bond acceptors (Lipinski definition) is 0. The molecule has 0 fully saturated rings. The summed E-state index contributed by atoms with van der Waals surface area (Å²) in [5.41, 5.74) is 16.0. The Morgan fingerprint density at radius 1 is 0.532 bits per heavy atom. The van der Waals surface area contributed by atoms with Crippen molar-refractivity contribution in [3.8, 4) is 33.4 Å². The van der Waals surface area contributed by atoms with Crippen molar-refractivity contribution >= 4 is 48.0 Å². The van der Waals surface area contributed by atoms with E-state index in [-0.39, 0.29) is 10.8 Å². The molecule has 3 heteroatoms. The minimum Gasteiger partial charge on any atom is -0.273 e. The minimum atomic E-state index is 0.0380. The predicted molar refractivity (Wildman–Crippen MR) is 264 cm³/mol. The monoisotopic (exact) mass is 918 g/mol. The SMILES string of the molecule is CC(C)(C)c1cc2c([c-]c1-c1ccccc1)Cc1cc(-c3ccccc3)c(C(C)(C)C)cc1-2.Clc1cccc2c([C](=[Zr+2])c3cccc4c(Cl)cccc34)cccc12.[C-]1=CC=CC1. The van der Waals surface area contributed by atoms with Crippen molar-refractivity contribution in [3.05, 3.63) is 225 Å². The van der Waals surface area contributed by atoms with Crippen LogP contribution in [0.5, 0.6) is 0 Å². The van der Waals surface area contributed by atoms with Crippen LogP contribution in [0.25, 0.3) is 54.9 Å². The third-order valence-electron chi connectivity index (χ3n) is 11.7. The van der Waals surface area contributed by atoms with E-state index in [4.69, 9.17) is 23.2 Å². The molecule has 2 aliphatic carbocycles. The summed E-state index contributed by atoms with van der Waals surface area (Å²) >= 11 is 14.1. The molecule has 8 aromatic carbocycles. The van der Waals surface area contributed by atoms with Crippen LogP contribution in [0.15, 0.2) is 170 Å². The molecule has 62 heavy (non-hydrogen) atoms. The second-order valence-electron chi connectivity index (χ2n) is 18.1. The van der Waals surface area contributed by atoms with Crippen molar-refractivity contribution in [3.63, 3.8) is 0 Å². The van der Waals surface area contributed by atoms with Gasteiger partial charge in [-0.1, -0.05) is 131 Å². The number of hydrogen-bond donors (Lipinski definition) is 0. The second kappa shape index (κ2) is 18.4. The van der Waals surface area contributed by atoms with Crippen LogP contribution in [0.3, 0.4) is 0 Å². The normalized spacial score (nSPS) is 12.7. The maximum atomic E-state index is 6.38. The molecule has 2 aliphatic rings. The van der Waals surface area contributed by atoms with Crippen molar-refractivity contribution in [1.82, 2.24) is 0 Å². The molecular weight excluding hydrogens is 871 g/mol. The van der Waals surface area contributed by atoms with Gasteiger partial charge in [0.1, 0.15) is 0 Å². The molecule has 0 saturated heterocycles. The first-order chi connectivity index (χ1) is 29.8. The van der Waals surface area contributed by atoms with Crippen LogP contribution in [-0.4, -0.2) is 3.21 Å². The molecule has 0 bridgehead atoms. The van der Waals surface area contributed by atoms with E-state index in [1.165, 1.54) is 105 Å². The molecule has 0 aromatic heterocycles. The third kappa shape index (κ3) is 9.24. The Kier molecular flexibility index (Phi) is 13.0. The van der Waals surface area contributed by atoms with E-state index >= 15 is 0 Å². The molecule has 304 valence electrons. The standard InChI is InChI=1S/C33H33.C21H12Cl2.C5H5.Zr/c1-32(2,3)30-20-26-24(18-28(30)22-13-9-7-10-14-22)17-25-19-29(23-15-11-8-12-16-23)31(21-27(25)26)33(4,5)6;22-20-11-3-7-16-14(5-1-9-18(16)20)13-15-6-2-10-19-17(15)8-4-12-21(19)23;1-2-4-5-3-1;/h7-16,18,20-21H,17H2,1-6H3;1-12H;1-3H,4H2;/q-1;;-1;+2. The molecule has 0 unspecified atom stereocenters. The smallest absolute Gasteiger partial charge is 0.109 e. The van der Waals surface area contributed by atoms with Gasteiger partial charge < -0.3 is 0 Å². The quantitative estimate of drug-likeness (QED) is 0.154. The van der Waals surface area contributed by atoms with Gasteiger partial charge in [0.05, 0.1) is 0 Å². The molecule has 0 saturated carbocycles. The maximum absolute atomic E-state index is 6.38. The summed E-state index contributed by atoms with van der Waals surface area (Å²) in [6.07, 6.45) is 10.9. The van der Waals surface area contributed by atoms with Crippen LogP contribution in [0, 0.1) is 12.1 Å². The molecule has 10 rings (SSSR count). The average Bonchev–Trinajstić information content (AvgIpc) is 3.98. The summed E-state index contributed by atoms with van der Waals surface area (Å²) in [7, 11) is 0. The van der Waals surface area contributed by atoms with Crippen molar-refractivity contribution in [1.29, 1.82) is 0 Å². The van der Waals surface area contributed by atoms with Gasteiger partial charge >= 0.3 is 166 Å². The van der Waals surface area contributed by atoms with Gasteiger partial charge in [-0.15, -0.1) is 35.2 Å². The summed E-state index contributed by atoms with van der Waals surface area (Å²) in [5, 5.41) is 6.15. The number of fused-ring (bicyclic) bond motifs is 5. The van der Waals surface area contributed by atoms with Gasteiger partial charge in [-0.05, 0) is 39.5 Å². The molecule has 0 radical (unpaired) electrons. The molecule has 0 atom stereocenters. The van der Waals surface area contributed by atoms with Crippen LogP contribution in [0.1, 0.15) is 81.3 Å². The molecular formula is C59H50Cl2Zr. The first-order valence-corrected chi connectivity index (χ1v) is 23.3. The Morgan fingerprint density at radius 3 is 1.55 bits per heavy atom.